The van der Waals surface area contributed by atoms with E-state index in [1.54, 1.807) is 0 Å². The van der Waals surface area contributed by atoms with Crippen molar-refractivity contribution in [1.82, 2.24) is 19.9 Å². The van der Waals surface area contributed by atoms with Gasteiger partial charge < -0.3 is 11.1 Å². The van der Waals surface area contributed by atoms with E-state index in [-0.39, 0.29) is 5.95 Å². The molecule has 134 valence electrons. The predicted octanol–water partition coefficient (Wildman–Crippen LogP) is 3.53. The first kappa shape index (κ1) is 17.6. The smallest absolute Gasteiger partial charge is 0.232 e. The number of aromatic nitrogens is 3. The van der Waals surface area contributed by atoms with E-state index >= 15 is 0 Å². The third-order valence-corrected chi connectivity index (χ3v) is 4.66. The first-order chi connectivity index (χ1) is 12.2. The standard InChI is InChI=1S/C19H28N6/c1-2-15-10-6-7-11-16(15)21-19-23-17(22-18(20)24-19)14-25-12-8-4-3-5-9-13-25/h6-7,10-11H,2-5,8-9,12-14H2,1H3,(H3,20,21,22,23,24). The molecule has 1 aliphatic heterocycles. The molecule has 0 radical (unpaired) electrons. The Morgan fingerprint density at radius 2 is 1.72 bits per heavy atom. The third-order valence-electron chi connectivity index (χ3n) is 4.66. The molecule has 3 rings (SSSR count). The maximum atomic E-state index is 5.92. The lowest BCUT2D eigenvalue weighted by Crippen LogP contribution is -2.28. The molecule has 1 aromatic heterocycles. The van der Waals surface area contributed by atoms with Crippen LogP contribution in [-0.2, 0) is 13.0 Å². The fourth-order valence-corrected chi connectivity index (χ4v) is 3.31. The average Bonchev–Trinajstić information content (AvgIpc) is 2.57. The van der Waals surface area contributed by atoms with Crippen LogP contribution in [0.1, 0.15) is 50.4 Å². The van der Waals surface area contributed by atoms with Gasteiger partial charge in [-0.2, -0.15) is 15.0 Å². The summed E-state index contributed by atoms with van der Waals surface area (Å²) in [7, 11) is 0. The monoisotopic (exact) mass is 340 g/mol. The van der Waals surface area contributed by atoms with Crippen LogP contribution in [0.5, 0.6) is 0 Å². The van der Waals surface area contributed by atoms with E-state index in [9.17, 15) is 0 Å². The lowest BCUT2D eigenvalue weighted by molar-refractivity contribution is 0.234. The lowest BCUT2D eigenvalue weighted by atomic mass is 10.1. The third kappa shape index (κ3) is 5.13. The zero-order valence-corrected chi connectivity index (χ0v) is 15.0. The van der Waals surface area contributed by atoms with Gasteiger partial charge in [-0.25, -0.2) is 0 Å². The van der Waals surface area contributed by atoms with Crippen molar-refractivity contribution >= 4 is 17.6 Å². The van der Waals surface area contributed by atoms with E-state index in [4.69, 9.17) is 5.73 Å². The van der Waals surface area contributed by atoms with Crippen LogP contribution in [0.3, 0.4) is 0 Å². The molecule has 0 spiro atoms. The second kappa shape index (κ2) is 8.76. The van der Waals surface area contributed by atoms with Crippen molar-refractivity contribution in [3.8, 4) is 0 Å². The van der Waals surface area contributed by atoms with Gasteiger partial charge in [-0.1, -0.05) is 44.4 Å². The Kier molecular flexibility index (Phi) is 6.17. The number of aryl methyl sites for hydroxylation is 1. The largest absolute Gasteiger partial charge is 0.368 e. The molecule has 0 atom stereocenters. The van der Waals surface area contributed by atoms with Crippen LogP contribution in [0.2, 0.25) is 0 Å². The minimum absolute atomic E-state index is 0.272. The van der Waals surface area contributed by atoms with Crippen molar-refractivity contribution in [1.29, 1.82) is 0 Å². The van der Waals surface area contributed by atoms with Gasteiger partial charge in [0.15, 0.2) is 0 Å². The number of hydrogen-bond donors (Lipinski definition) is 2. The molecule has 2 heterocycles. The van der Waals surface area contributed by atoms with E-state index in [2.05, 4.69) is 38.2 Å². The predicted molar refractivity (Wildman–Crippen MR) is 102 cm³/mol. The Morgan fingerprint density at radius 1 is 1.00 bits per heavy atom. The Hall–Kier alpha value is -2.21. The molecule has 0 saturated carbocycles. The molecule has 1 saturated heterocycles. The summed E-state index contributed by atoms with van der Waals surface area (Å²) < 4.78 is 0. The average molecular weight is 340 g/mol. The van der Waals surface area contributed by atoms with Crippen LogP contribution < -0.4 is 11.1 Å². The number of hydrogen-bond acceptors (Lipinski definition) is 6. The number of nitrogens with one attached hydrogen (secondary N) is 1. The minimum Gasteiger partial charge on any atom is -0.368 e. The van der Waals surface area contributed by atoms with E-state index in [1.807, 2.05) is 18.2 Å². The van der Waals surface area contributed by atoms with E-state index < -0.39 is 0 Å². The van der Waals surface area contributed by atoms with Gasteiger partial charge in [0.2, 0.25) is 11.9 Å². The first-order valence-corrected chi connectivity index (χ1v) is 9.32. The topological polar surface area (TPSA) is 80.0 Å². The maximum absolute atomic E-state index is 5.92. The van der Waals surface area contributed by atoms with Crippen LogP contribution >= 0.6 is 0 Å². The summed E-state index contributed by atoms with van der Waals surface area (Å²) in [6.07, 6.45) is 7.43. The molecule has 1 fully saturated rings. The Balaban J connectivity index is 1.73. The van der Waals surface area contributed by atoms with Crippen LogP contribution in [0, 0.1) is 0 Å². The second-order valence-corrected chi connectivity index (χ2v) is 6.61. The summed E-state index contributed by atoms with van der Waals surface area (Å²) in [5.74, 6) is 1.54. The highest BCUT2D eigenvalue weighted by molar-refractivity contribution is 5.58. The highest BCUT2D eigenvalue weighted by Crippen LogP contribution is 2.20. The SMILES string of the molecule is CCc1ccccc1Nc1nc(N)nc(CN2CCCCCCC2)n1. The summed E-state index contributed by atoms with van der Waals surface area (Å²) in [6.45, 7) is 5.08. The molecule has 1 aromatic carbocycles. The van der Waals surface area contributed by atoms with Crippen LogP contribution in [-0.4, -0.2) is 32.9 Å². The van der Waals surface area contributed by atoms with Crippen molar-refractivity contribution in [2.24, 2.45) is 0 Å². The van der Waals surface area contributed by atoms with Crippen molar-refractivity contribution < 1.29 is 0 Å². The fourth-order valence-electron chi connectivity index (χ4n) is 3.31. The molecule has 0 unspecified atom stereocenters. The molecule has 6 nitrogen and oxygen atoms in total. The van der Waals surface area contributed by atoms with E-state index in [0.717, 1.165) is 37.6 Å². The zero-order chi connectivity index (χ0) is 17.5. The Labute approximate surface area is 149 Å². The first-order valence-electron chi connectivity index (χ1n) is 9.32. The van der Waals surface area contributed by atoms with Gasteiger partial charge in [0.1, 0.15) is 5.82 Å². The van der Waals surface area contributed by atoms with Gasteiger partial charge >= 0.3 is 0 Å². The van der Waals surface area contributed by atoms with Gasteiger partial charge in [-0.15, -0.1) is 0 Å². The second-order valence-electron chi connectivity index (χ2n) is 6.61. The molecule has 2 aromatic rings. The number of rotatable bonds is 5. The van der Waals surface area contributed by atoms with Gasteiger partial charge in [0.25, 0.3) is 0 Å². The van der Waals surface area contributed by atoms with Crippen molar-refractivity contribution in [3.05, 3.63) is 35.7 Å². The van der Waals surface area contributed by atoms with Gasteiger partial charge in [-0.3, -0.25) is 4.90 Å². The molecule has 1 aliphatic rings. The minimum atomic E-state index is 0.272. The Bertz CT molecular complexity index is 679. The van der Waals surface area contributed by atoms with Gasteiger partial charge in [0.05, 0.1) is 6.54 Å². The van der Waals surface area contributed by atoms with Crippen LogP contribution in [0.15, 0.2) is 24.3 Å². The summed E-state index contributed by atoms with van der Waals surface area (Å²) >= 11 is 0. The quantitative estimate of drug-likeness (QED) is 0.867. The van der Waals surface area contributed by atoms with Gasteiger partial charge in [0, 0.05) is 5.69 Å². The number of likely N-dealkylation sites (tertiary alicyclic amines) is 1. The Morgan fingerprint density at radius 3 is 2.48 bits per heavy atom. The molecule has 0 aliphatic carbocycles. The maximum Gasteiger partial charge on any atom is 0.232 e. The molecule has 3 N–H and O–H groups in total. The number of para-hydroxylation sites is 1. The molecule has 6 heteroatoms. The van der Waals surface area contributed by atoms with Gasteiger partial charge in [-0.05, 0) is 44.0 Å². The van der Waals surface area contributed by atoms with Crippen molar-refractivity contribution in [2.45, 2.75) is 52.0 Å². The zero-order valence-electron chi connectivity index (χ0n) is 15.0. The summed E-state index contributed by atoms with van der Waals surface area (Å²) in [4.78, 5) is 15.6. The van der Waals surface area contributed by atoms with Crippen molar-refractivity contribution in [3.63, 3.8) is 0 Å². The molecular formula is C19H28N6. The van der Waals surface area contributed by atoms with E-state index in [1.165, 1.54) is 37.7 Å². The summed E-state index contributed by atoms with van der Waals surface area (Å²) in [6, 6.07) is 8.19. The van der Waals surface area contributed by atoms with Crippen LogP contribution in [0.25, 0.3) is 0 Å². The summed E-state index contributed by atoms with van der Waals surface area (Å²) in [5.41, 5.74) is 8.17. The molecule has 0 bridgehead atoms. The fraction of sp³-hybridized carbons (Fsp3) is 0.526. The van der Waals surface area contributed by atoms with E-state index in [0.29, 0.717) is 5.95 Å². The molecule has 0 amide bonds. The number of nitrogens with zero attached hydrogens (tertiary/aromatic N) is 4. The molecular weight excluding hydrogens is 312 g/mol. The number of nitrogen functional groups attached to an aromatic ring is 1. The number of benzene rings is 1. The van der Waals surface area contributed by atoms with Crippen LogP contribution in [0.4, 0.5) is 17.6 Å². The summed E-state index contributed by atoms with van der Waals surface area (Å²) in [5, 5.41) is 3.30. The normalized spacial score (nSPS) is 16.2. The molecule has 25 heavy (non-hydrogen) atoms. The highest BCUT2D eigenvalue weighted by atomic mass is 15.2. The van der Waals surface area contributed by atoms with Crippen molar-refractivity contribution in [2.75, 3.05) is 24.1 Å². The highest BCUT2D eigenvalue weighted by Gasteiger charge is 2.13. The number of anilines is 3. The lowest BCUT2D eigenvalue weighted by Gasteiger charge is -2.23. The number of nitrogens with two attached hydrogens (primary N) is 1.